The van der Waals surface area contributed by atoms with Gasteiger partial charge in [0.1, 0.15) is 0 Å². The highest BCUT2D eigenvalue weighted by molar-refractivity contribution is 5.75. The molecule has 17 heavy (non-hydrogen) atoms. The van der Waals surface area contributed by atoms with Gasteiger partial charge in [0.25, 0.3) is 0 Å². The number of carboxylic acid groups (broad SMARTS) is 1. The van der Waals surface area contributed by atoms with Gasteiger partial charge in [-0.25, -0.2) is 4.79 Å². The van der Waals surface area contributed by atoms with Crippen LogP contribution in [0.2, 0.25) is 0 Å². The maximum Gasteiger partial charge on any atom is 0.317 e. The van der Waals surface area contributed by atoms with E-state index in [-0.39, 0.29) is 24.4 Å². The van der Waals surface area contributed by atoms with Crippen LogP contribution in [0.1, 0.15) is 34.1 Å². The van der Waals surface area contributed by atoms with Gasteiger partial charge in [0, 0.05) is 20.1 Å². The standard InChI is InChI=1S/C12H24N2O3/c1-9(2)12(3,4)8-13-11(17)14(5)7-6-10(15)16/h9H,6-8H2,1-5H3,(H,13,17)(H,15,16). The Morgan fingerprint density at radius 2 is 1.88 bits per heavy atom. The molecular weight excluding hydrogens is 220 g/mol. The van der Waals surface area contributed by atoms with Crippen molar-refractivity contribution in [3.63, 3.8) is 0 Å². The van der Waals surface area contributed by atoms with Gasteiger partial charge >= 0.3 is 12.0 Å². The first-order valence-corrected chi connectivity index (χ1v) is 5.87. The first-order chi connectivity index (χ1) is 7.66. The maximum atomic E-state index is 11.6. The molecule has 0 heterocycles. The summed E-state index contributed by atoms with van der Waals surface area (Å²) in [5.41, 5.74) is 0.0310. The second-order valence-electron chi connectivity index (χ2n) is 5.37. The number of aliphatic carboxylic acids is 1. The molecule has 5 heteroatoms. The third kappa shape index (κ3) is 6.14. The number of hydrogen-bond donors (Lipinski definition) is 2. The smallest absolute Gasteiger partial charge is 0.317 e. The molecule has 0 radical (unpaired) electrons. The summed E-state index contributed by atoms with van der Waals surface area (Å²) in [6, 6.07) is -0.222. The molecule has 0 aliphatic rings. The Bertz CT molecular complexity index is 275. The third-order valence-electron chi connectivity index (χ3n) is 3.27. The molecule has 0 aromatic rings. The fraction of sp³-hybridized carbons (Fsp3) is 0.833. The van der Waals surface area contributed by atoms with E-state index >= 15 is 0 Å². The van der Waals surface area contributed by atoms with E-state index < -0.39 is 5.97 Å². The van der Waals surface area contributed by atoms with Gasteiger partial charge in [-0.05, 0) is 11.3 Å². The summed E-state index contributed by atoms with van der Waals surface area (Å²) in [6.07, 6.45) is -0.0303. The Hall–Kier alpha value is -1.26. The van der Waals surface area contributed by atoms with Crippen molar-refractivity contribution in [3.8, 4) is 0 Å². The maximum absolute atomic E-state index is 11.6. The van der Waals surface area contributed by atoms with Crippen molar-refractivity contribution in [2.75, 3.05) is 20.1 Å². The second-order valence-corrected chi connectivity index (χ2v) is 5.37. The molecule has 0 spiro atoms. The minimum absolute atomic E-state index is 0.0303. The van der Waals surface area contributed by atoms with Crippen LogP contribution in [0.25, 0.3) is 0 Å². The van der Waals surface area contributed by atoms with Crippen molar-refractivity contribution in [2.45, 2.75) is 34.1 Å². The Kier molecular flexibility index (Phi) is 5.99. The molecular formula is C12H24N2O3. The van der Waals surface area contributed by atoms with E-state index in [0.717, 1.165) is 0 Å². The van der Waals surface area contributed by atoms with Crippen molar-refractivity contribution in [3.05, 3.63) is 0 Å². The third-order valence-corrected chi connectivity index (χ3v) is 3.27. The predicted molar refractivity (Wildman–Crippen MR) is 66.9 cm³/mol. The molecule has 5 nitrogen and oxygen atoms in total. The lowest BCUT2D eigenvalue weighted by atomic mass is 9.81. The zero-order valence-corrected chi connectivity index (χ0v) is 11.4. The lowest BCUT2D eigenvalue weighted by molar-refractivity contribution is -0.137. The SMILES string of the molecule is CC(C)C(C)(C)CNC(=O)N(C)CCC(=O)O. The van der Waals surface area contributed by atoms with Crippen molar-refractivity contribution < 1.29 is 14.7 Å². The van der Waals surface area contributed by atoms with Gasteiger partial charge < -0.3 is 15.3 Å². The molecule has 0 aliphatic carbocycles. The summed E-state index contributed by atoms with van der Waals surface area (Å²) in [7, 11) is 1.60. The first-order valence-electron chi connectivity index (χ1n) is 5.87. The Balaban J connectivity index is 4.05. The topological polar surface area (TPSA) is 69.6 Å². The van der Waals surface area contributed by atoms with Crippen LogP contribution in [0.5, 0.6) is 0 Å². The highest BCUT2D eigenvalue weighted by Gasteiger charge is 2.23. The van der Waals surface area contributed by atoms with Crippen LogP contribution in [0, 0.1) is 11.3 Å². The molecule has 0 unspecified atom stereocenters. The number of hydrogen-bond acceptors (Lipinski definition) is 2. The van der Waals surface area contributed by atoms with Crippen LogP contribution >= 0.6 is 0 Å². The number of amides is 2. The Morgan fingerprint density at radius 1 is 1.35 bits per heavy atom. The summed E-state index contributed by atoms with van der Waals surface area (Å²) in [6.45, 7) is 9.22. The van der Waals surface area contributed by atoms with Gasteiger partial charge in [-0.2, -0.15) is 0 Å². The molecule has 0 aliphatic heterocycles. The molecule has 0 aromatic carbocycles. The average Bonchev–Trinajstić information content (AvgIpc) is 2.22. The van der Waals surface area contributed by atoms with Gasteiger partial charge in [0.05, 0.1) is 6.42 Å². The van der Waals surface area contributed by atoms with Crippen LogP contribution < -0.4 is 5.32 Å². The number of carbonyl (C=O) groups is 2. The number of urea groups is 1. The van der Waals surface area contributed by atoms with Gasteiger partial charge in [-0.3, -0.25) is 4.79 Å². The van der Waals surface area contributed by atoms with Crippen LogP contribution in [0.4, 0.5) is 4.79 Å². The number of nitrogens with one attached hydrogen (secondary N) is 1. The van der Waals surface area contributed by atoms with Crippen molar-refractivity contribution in [1.82, 2.24) is 10.2 Å². The summed E-state index contributed by atoms with van der Waals surface area (Å²) in [4.78, 5) is 23.4. The minimum Gasteiger partial charge on any atom is -0.481 e. The van der Waals surface area contributed by atoms with Crippen molar-refractivity contribution in [1.29, 1.82) is 0 Å². The van der Waals surface area contributed by atoms with Gasteiger partial charge in [0.15, 0.2) is 0 Å². The van der Waals surface area contributed by atoms with Crippen LogP contribution in [0.3, 0.4) is 0 Å². The van der Waals surface area contributed by atoms with Crippen LogP contribution in [-0.2, 0) is 4.79 Å². The molecule has 100 valence electrons. The Labute approximate surface area is 103 Å². The number of carbonyl (C=O) groups excluding carboxylic acids is 1. The highest BCUT2D eigenvalue weighted by atomic mass is 16.4. The lowest BCUT2D eigenvalue weighted by Crippen LogP contribution is -2.43. The molecule has 2 N–H and O–H groups in total. The van der Waals surface area contributed by atoms with Gasteiger partial charge in [-0.1, -0.05) is 27.7 Å². The van der Waals surface area contributed by atoms with Crippen LogP contribution in [0.15, 0.2) is 0 Å². The predicted octanol–water partition coefficient (Wildman–Crippen LogP) is 1.78. The molecule has 0 rings (SSSR count). The molecule has 0 saturated heterocycles. The zero-order valence-electron chi connectivity index (χ0n) is 11.4. The lowest BCUT2D eigenvalue weighted by Gasteiger charge is -2.30. The summed E-state index contributed by atoms with van der Waals surface area (Å²) in [5.74, 6) is -0.431. The van der Waals surface area contributed by atoms with Gasteiger partial charge in [0.2, 0.25) is 0 Å². The quantitative estimate of drug-likeness (QED) is 0.748. The Morgan fingerprint density at radius 3 is 2.29 bits per heavy atom. The fourth-order valence-electron chi connectivity index (χ4n) is 1.01. The van der Waals surface area contributed by atoms with Crippen molar-refractivity contribution in [2.24, 2.45) is 11.3 Å². The normalized spacial score (nSPS) is 11.4. The van der Waals surface area contributed by atoms with E-state index in [1.165, 1.54) is 4.90 Å². The number of rotatable bonds is 6. The average molecular weight is 244 g/mol. The number of carboxylic acids is 1. The second kappa shape index (κ2) is 6.47. The molecule has 0 bridgehead atoms. The minimum atomic E-state index is -0.896. The van der Waals surface area contributed by atoms with E-state index in [9.17, 15) is 9.59 Å². The monoisotopic (exact) mass is 244 g/mol. The first kappa shape index (κ1) is 15.7. The highest BCUT2D eigenvalue weighted by Crippen LogP contribution is 2.24. The number of nitrogens with zero attached hydrogens (tertiary/aromatic N) is 1. The van der Waals surface area contributed by atoms with Gasteiger partial charge in [-0.15, -0.1) is 0 Å². The molecule has 0 fully saturated rings. The molecule has 0 saturated carbocycles. The van der Waals surface area contributed by atoms with E-state index in [1.807, 2.05) is 0 Å². The summed E-state index contributed by atoms with van der Waals surface area (Å²) >= 11 is 0. The van der Waals surface area contributed by atoms with E-state index in [2.05, 4.69) is 33.0 Å². The van der Waals surface area contributed by atoms with E-state index in [1.54, 1.807) is 7.05 Å². The van der Waals surface area contributed by atoms with E-state index in [4.69, 9.17) is 5.11 Å². The fourth-order valence-corrected chi connectivity index (χ4v) is 1.01. The van der Waals surface area contributed by atoms with Crippen LogP contribution in [-0.4, -0.2) is 42.1 Å². The summed E-state index contributed by atoms with van der Waals surface area (Å²) < 4.78 is 0. The van der Waals surface area contributed by atoms with E-state index in [0.29, 0.717) is 12.5 Å². The molecule has 0 aromatic heterocycles. The largest absolute Gasteiger partial charge is 0.481 e. The van der Waals surface area contributed by atoms with Crippen molar-refractivity contribution >= 4 is 12.0 Å². The molecule has 0 atom stereocenters. The molecule has 2 amide bonds. The zero-order chi connectivity index (χ0) is 13.6. The summed E-state index contributed by atoms with van der Waals surface area (Å²) in [5, 5.41) is 11.3.